The Balaban J connectivity index is 0.00000625. The van der Waals surface area contributed by atoms with E-state index in [9.17, 15) is 9.59 Å². The average molecular weight is 404 g/mol. The summed E-state index contributed by atoms with van der Waals surface area (Å²) in [5.74, 6) is 0.0428. The van der Waals surface area contributed by atoms with Gasteiger partial charge in [0.05, 0.1) is 10.6 Å². The van der Waals surface area contributed by atoms with Gasteiger partial charge in [-0.25, -0.2) is 0 Å². The maximum atomic E-state index is 12.5. The molecule has 0 fully saturated rings. The lowest BCUT2D eigenvalue weighted by Gasteiger charge is -2.20. The molecule has 5 nitrogen and oxygen atoms in total. The molecule has 0 aliphatic rings. The van der Waals surface area contributed by atoms with Gasteiger partial charge in [0.15, 0.2) is 0 Å². The molecular weight excluding hydrogens is 373 g/mol. The van der Waals surface area contributed by atoms with Gasteiger partial charge in [-0.2, -0.15) is 0 Å². The number of carbonyl (C=O) groups is 2. The number of carbonyl (C=O) groups excluding carboxylic acids is 2. The summed E-state index contributed by atoms with van der Waals surface area (Å²) in [6.07, 6.45) is 1.18. The van der Waals surface area contributed by atoms with Crippen LogP contribution in [0.5, 0.6) is 0 Å². The molecule has 0 saturated carbocycles. The van der Waals surface area contributed by atoms with Crippen molar-refractivity contribution in [2.24, 2.45) is 17.1 Å². The fraction of sp³-hybridized carbons (Fsp3) is 0.579. The second kappa shape index (κ2) is 10.8. The molecule has 1 aromatic rings. The molecule has 2 amide bonds. The summed E-state index contributed by atoms with van der Waals surface area (Å²) >= 11 is 6.16. The lowest BCUT2D eigenvalue weighted by Crippen LogP contribution is -2.41. The minimum absolute atomic E-state index is 0. The van der Waals surface area contributed by atoms with Crippen molar-refractivity contribution in [3.63, 3.8) is 0 Å². The van der Waals surface area contributed by atoms with E-state index in [2.05, 4.69) is 24.5 Å². The van der Waals surface area contributed by atoms with E-state index in [0.29, 0.717) is 35.2 Å². The lowest BCUT2D eigenvalue weighted by atomic mass is 9.92. The topological polar surface area (TPSA) is 84.2 Å². The summed E-state index contributed by atoms with van der Waals surface area (Å²) < 4.78 is 0. The quantitative estimate of drug-likeness (QED) is 0.636. The third-order valence-electron chi connectivity index (χ3n) is 3.56. The van der Waals surface area contributed by atoms with Gasteiger partial charge in [-0.1, -0.05) is 46.2 Å². The fourth-order valence-corrected chi connectivity index (χ4v) is 2.71. The molecule has 0 radical (unpaired) electrons. The summed E-state index contributed by atoms with van der Waals surface area (Å²) in [4.78, 5) is 24.6. The van der Waals surface area contributed by atoms with E-state index in [-0.39, 0.29) is 35.7 Å². The number of nitrogens with one attached hydrogen (secondary N) is 2. The van der Waals surface area contributed by atoms with Crippen molar-refractivity contribution in [2.45, 2.75) is 53.5 Å². The number of nitrogens with two attached hydrogens (primary N) is 1. The first kappa shape index (κ1) is 24.7. The molecule has 0 heterocycles. The lowest BCUT2D eigenvalue weighted by molar-refractivity contribution is -0.117. The van der Waals surface area contributed by atoms with Crippen LogP contribution in [0, 0.1) is 11.3 Å². The van der Waals surface area contributed by atoms with Crippen LogP contribution < -0.4 is 16.4 Å². The Bertz CT molecular complexity index is 613. The fourth-order valence-electron chi connectivity index (χ4n) is 2.51. The van der Waals surface area contributed by atoms with Crippen molar-refractivity contribution in [2.75, 3.05) is 11.9 Å². The predicted molar refractivity (Wildman–Crippen MR) is 111 cm³/mol. The van der Waals surface area contributed by atoms with Crippen LogP contribution in [0.3, 0.4) is 0 Å². The van der Waals surface area contributed by atoms with Crippen LogP contribution in [0.2, 0.25) is 5.02 Å². The first-order valence-electron chi connectivity index (χ1n) is 8.62. The van der Waals surface area contributed by atoms with Gasteiger partial charge >= 0.3 is 0 Å². The maximum absolute atomic E-state index is 12.5. The van der Waals surface area contributed by atoms with Crippen molar-refractivity contribution in [3.8, 4) is 0 Å². The van der Waals surface area contributed by atoms with Crippen molar-refractivity contribution in [1.82, 2.24) is 5.32 Å². The van der Waals surface area contributed by atoms with E-state index in [1.54, 1.807) is 18.2 Å². The summed E-state index contributed by atoms with van der Waals surface area (Å²) in [5, 5.41) is 6.07. The third kappa shape index (κ3) is 8.88. The SMILES string of the molecule is CC(C)CC(CN)NC(=O)c1cc(NC(=O)CC(C)(C)C)ccc1Cl.Cl. The minimum Gasteiger partial charge on any atom is -0.348 e. The van der Waals surface area contributed by atoms with Crippen LogP contribution in [0.4, 0.5) is 5.69 Å². The van der Waals surface area contributed by atoms with E-state index in [1.807, 2.05) is 20.8 Å². The molecule has 1 atom stereocenters. The molecule has 26 heavy (non-hydrogen) atoms. The Kier molecular flexibility index (Phi) is 10.2. The molecule has 7 heteroatoms. The molecule has 0 aliphatic heterocycles. The van der Waals surface area contributed by atoms with E-state index in [1.165, 1.54) is 0 Å². The van der Waals surface area contributed by atoms with Gasteiger partial charge in [0, 0.05) is 24.7 Å². The molecule has 0 saturated heterocycles. The first-order chi connectivity index (χ1) is 11.5. The van der Waals surface area contributed by atoms with Gasteiger partial charge in [-0.15, -0.1) is 12.4 Å². The Morgan fingerprint density at radius 1 is 1.23 bits per heavy atom. The standard InChI is InChI=1S/C19H30ClN3O2.ClH/c1-12(2)8-14(11-21)23-18(25)15-9-13(6-7-16(15)20)22-17(24)10-19(3,4)5;/h6-7,9,12,14H,8,10-11,21H2,1-5H3,(H,22,24)(H,23,25);1H. The minimum atomic E-state index is -0.284. The van der Waals surface area contributed by atoms with E-state index < -0.39 is 0 Å². The van der Waals surface area contributed by atoms with Gasteiger partial charge in [0.1, 0.15) is 0 Å². The normalized spacial score (nSPS) is 12.3. The number of rotatable bonds is 7. The number of hydrogen-bond acceptors (Lipinski definition) is 3. The second-order valence-corrected chi connectivity index (χ2v) is 8.42. The molecule has 1 unspecified atom stereocenters. The first-order valence-corrected chi connectivity index (χ1v) is 9.00. The Morgan fingerprint density at radius 3 is 2.35 bits per heavy atom. The molecule has 148 valence electrons. The number of halogens is 2. The van der Waals surface area contributed by atoms with Crippen LogP contribution in [0.25, 0.3) is 0 Å². The van der Waals surface area contributed by atoms with Crippen LogP contribution in [0.1, 0.15) is 57.8 Å². The highest BCUT2D eigenvalue weighted by Gasteiger charge is 2.19. The zero-order valence-corrected chi connectivity index (χ0v) is 17.8. The molecule has 0 aliphatic carbocycles. The number of anilines is 1. The zero-order chi connectivity index (χ0) is 19.2. The average Bonchev–Trinajstić information content (AvgIpc) is 2.45. The molecule has 0 spiro atoms. The van der Waals surface area contributed by atoms with Crippen molar-refractivity contribution in [1.29, 1.82) is 0 Å². The summed E-state index contributed by atoms with van der Waals surface area (Å²) in [6.45, 7) is 10.5. The zero-order valence-electron chi connectivity index (χ0n) is 16.2. The largest absolute Gasteiger partial charge is 0.348 e. The highest BCUT2D eigenvalue weighted by Crippen LogP contribution is 2.23. The summed E-state index contributed by atoms with van der Waals surface area (Å²) in [5.41, 5.74) is 6.51. The van der Waals surface area contributed by atoms with Crippen molar-refractivity contribution in [3.05, 3.63) is 28.8 Å². The van der Waals surface area contributed by atoms with Gasteiger partial charge in [-0.05, 0) is 36.0 Å². The smallest absolute Gasteiger partial charge is 0.253 e. The highest BCUT2D eigenvalue weighted by atomic mass is 35.5. The Labute approximate surface area is 167 Å². The molecular formula is C19H31Cl2N3O2. The molecule has 0 bridgehead atoms. The van der Waals surface area contributed by atoms with Gasteiger partial charge < -0.3 is 16.4 Å². The summed E-state index contributed by atoms with van der Waals surface area (Å²) in [6, 6.07) is 4.79. The van der Waals surface area contributed by atoms with Gasteiger partial charge in [0.25, 0.3) is 5.91 Å². The Hall–Kier alpha value is -1.30. The highest BCUT2D eigenvalue weighted by molar-refractivity contribution is 6.34. The monoisotopic (exact) mass is 403 g/mol. The van der Waals surface area contributed by atoms with Crippen LogP contribution >= 0.6 is 24.0 Å². The van der Waals surface area contributed by atoms with Crippen LogP contribution in [-0.2, 0) is 4.79 Å². The molecule has 1 rings (SSSR count). The predicted octanol–water partition coefficient (Wildman–Crippen LogP) is 4.24. The van der Waals surface area contributed by atoms with E-state index in [4.69, 9.17) is 17.3 Å². The summed E-state index contributed by atoms with van der Waals surface area (Å²) in [7, 11) is 0. The number of benzene rings is 1. The van der Waals surface area contributed by atoms with Crippen LogP contribution in [-0.4, -0.2) is 24.4 Å². The number of hydrogen-bond donors (Lipinski definition) is 3. The molecule has 4 N–H and O–H groups in total. The van der Waals surface area contributed by atoms with Crippen LogP contribution in [0.15, 0.2) is 18.2 Å². The van der Waals surface area contributed by atoms with Gasteiger partial charge in [0.2, 0.25) is 5.91 Å². The van der Waals surface area contributed by atoms with E-state index in [0.717, 1.165) is 6.42 Å². The van der Waals surface area contributed by atoms with Crippen molar-refractivity contribution < 1.29 is 9.59 Å². The Morgan fingerprint density at radius 2 is 1.85 bits per heavy atom. The second-order valence-electron chi connectivity index (χ2n) is 8.02. The molecule has 1 aromatic carbocycles. The van der Waals surface area contributed by atoms with Crippen molar-refractivity contribution >= 4 is 41.5 Å². The van der Waals surface area contributed by atoms with E-state index >= 15 is 0 Å². The molecule has 0 aromatic heterocycles. The van der Waals surface area contributed by atoms with Gasteiger partial charge in [-0.3, -0.25) is 9.59 Å². The maximum Gasteiger partial charge on any atom is 0.253 e. The number of amides is 2. The third-order valence-corrected chi connectivity index (χ3v) is 3.89.